The van der Waals surface area contributed by atoms with Crippen LogP contribution < -0.4 is 5.32 Å². The molecular weight excluding hydrogens is 751 g/mol. The lowest BCUT2D eigenvalue weighted by molar-refractivity contribution is -0.295. The third-order valence-electron chi connectivity index (χ3n) is 12.7. The highest BCUT2D eigenvalue weighted by molar-refractivity contribution is 6.08. The number of likely N-dealkylation sites (N-methyl/N-ethyl adjacent to an activating group) is 1. The number of aliphatic hydroxyl groups is 1. The van der Waals surface area contributed by atoms with Crippen LogP contribution in [-0.2, 0) is 38.1 Å². The van der Waals surface area contributed by atoms with E-state index in [2.05, 4.69) is 10.3 Å². The van der Waals surface area contributed by atoms with Crippen molar-refractivity contribution in [2.45, 2.75) is 141 Å². The number of esters is 1. The molecule has 0 radical (unpaired) electrons. The van der Waals surface area contributed by atoms with Gasteiger partial charge in [0.05, 0.1) is 29.4 Å². The third kappa shape index (κ3) is 8.74. The van der Waals surface area contributed by atoms with Crippen molar-refractivity contribution in [1.82, 2.24) is 14.8 Å². The zero-order valence-corrected chi connectivity index (χ0v) is 35.8. The number of carbonyl (C=O) groups is 4. The molecule has 3 fully saturated rings. The van der Waals surface area contributed by atoms with Gasteiger partial charge in [-0.3, -0.25) is 14.6 Å². The number of methoxy groups -OCH3 is 1. The van der Waals surface area contributed by atoms with Crippen LogP contribution in [0.5, 0.6) is 0 Å². The molecule has 0 saturated carbocycles. The summed E-state index contributed by atoms with van der Waals surface area (Å²) in [7, 11) is 5.05. The number of cyclic esters (lactones) is 1. The van der Waals surface area contributed by atoms with Crippen molar-refractivity contribution in [3.63, 3.8) is 0 Å². The number of hydrogen-bond donors (Lipinski definition) is 2. The number of rotatable bonds is 10. The van der Waals surface area contributed by atoms with E-state index in [0.717, 1.165) is 23.5 Å². The Balaban J connectivity index is 1.49. The van der Waals surface area contributed by atoms with E-state index in [1.165, 1.54) is 18.9 Å². The molecule has 2 N–H and O–H groups in total. The van der Waals surface area contributed by atoms with Gasteiger partial charge in [0.2, 0.25) is 0 Å². The first kappa shape index (κ1) is 45.3. The first-order valence-electron chi connectivity index (χ1n) is 20.5. The summed E-state index contributed by atoms with van der Waals surface area (Å²) < 4.78 is 47.5. The molecule has 13 atom stereocenters. The molecule has 1 amide bonds. The van der Waals surface area contributed by atoms with E-state index in [-0.39, 0.29) is 37.3 Å². The van der Waals surface area contributed by atoms with Gasteiger partial charge in [-0.05, 0) is 79.6 Å². The number of pyridine rings is 1. The molecule has 0 spiro atoms. The Morgan fingerprint density at radius 1 is 1.05 bits per heavy atom. The molecule has 0 bridgehead atoms. The summed E-state index contributed by atoms with van der Waals surface area (Å²) in [5.74, 6) is -5.80. The minimum absolute atomic E-state index is 0.00284. The number of halogens is 1. The average molecular weight is 815 g/mol. The summed E-state index contributed by atoms with van der Waals surface area (Å²) in [4.78, 5) is 64.5. The Morgan fingerprint density at radius 2 is 1.74 bits per heavy atom. The fraction of sp³-hybridized carbons (Fsp3) is 0.698. The van der Waals surface area contributed by atoms with Gasteiger partial charge in [-0.2, -0.15) is 0 Å². The SMILES string of the molecule is CC[C@H]1OC(=O)[C@@](C)(F)C(=O)[C@H](C)[C@@H](O[C@@H]2O[C@H](C)C[C@H](N(C)C)[C@H]2O)[C@@](C)(OC)C[C@@H](C)C(=O)[C@H](C)[C@H]2N(CCCNc3ccnc4ccccc34)C(=O)O[C@]12C. The number of ketones is 2. The van der Waals surface area contributed by atoms with E-state index in [1.807, 2.05) is 56.3 Å². The quantitative estimate of drug-likeness (QED) is 0.180. The fourth-order valence-electron chi connectivity index (χ4n) is 9.44. The van der Waals surface area contributed by atoms with Gasteiger partial charge in [-0.15, -0.1) is 0 Å². The van der Waals surface area contributed by atoms with Crippen LogP contribution in [0.1, 0.15) is 81.1 Å². The lowest BCUT2D eigenvalue weighted by Crippen LogP contribution is -2.61. The highest BCUT2D eigenvalue weighted by Gasteiger charge is 2.61. The van der Waals surface area contributed by atoms with Crippen molar-refractivity contribution < 1.29 is 52.4 Å². The first-order chi connectivity index (χ1) is 27.2. The van der Waals surface area contributed by atoms with Gasteiger partial charge >= 0.3 is 12.1 Å². The molecule has 322 valence electrons. The summed E-state index contributed by atoms with van der Waals surface area (Å²) in [5, 5.41) is 15.8. The normalized spacial score (nSPS) is 38.0. The molecule has 1 aromatic heterocycles. The predicted octanol–water partition coefficient (Wildman–Crippen LogP) is 5.33. The number of hydrogen-bond acceptors (Lipinski definition) is 13. The van der Waals surface area contributed by atoms with Gasteiger partial charge < -0.3 is 43.9 Å². The summed E-state index contributed by atoms with van der Waals surface area (Å²) in [6, 6.07) is 8.32. The number of benzene rings is 1. The van der Waals surface area contributed by atoms with E-state index in [9.17, 15) is 24.3 Å². The maximum absolute atomic E-state index is 16.9. The number of aromatic nitrogens is 1. The number of fused-ring (bicyclic) bond motifs is 2. The fourth-order valence-corrected chi connectivity index (χ4v) is 9.44. The lowest BCUT2D eigenvalue weighted by Gasteiger charge is -2.47. The van der Waals surface area contributed by atoms with Gasteiger partial charge in [0.15, 0.2) is 17.7 Å². The van der Waals surface area contributed by atoms with Gasteiger partial charge in [0, 0.05) is 61.3 Å². The topological polar surface area (TPSA) is 166 Å². The highest BCUT2D eigenvalue weighted by Crippen LogP contribution is 2.43. The Morgan fingerprint density at radius 3 is 2.40 bits per heavy atom. The van der Waals surface area contributed by atoms with Gasteiger partial charge in [0.1, 0.15) is 18.0 Å². The number of carbonyl (C=O) groups excluding carboxylic acids is 4. The number of nitrogens with zero attached hydrogens (tertiary/aromatic N) is 3. The minimum Gasteiger partial charge on any atom is -0.455 e. The summed E-state index contributed by atoms with van der Waals surface area (Å²) in [5.41, 5.74) is -4.51. The van der Waals surface area contributed by atoms with Crippen molar-refractivity contribution in [2.75, 3.05) is 39.6 Å². The zero-order chi connectivity index (χ0) is 42.9. The average Bonchev–Trinajstić information content (AvgIpc) is 3.45. The predicted molar refractivity (Wildman–Crippen MR) is 215 cm³/mol. The van der Waals surface area contributed by atoms with Crippen LogP contribution >= 0.6 is 0 Å². The number of anilines is 1. The van der Waals surface area contributed by atoms with Crippen LogP contribution in [-0.4, -0.2) is 137 Å². The van der Waals surface area contributed by atoms with Crippen molar-refractivity contribution in [1.29, 1.82) is 0 Å². The molecule has 14 nitrogen and oxygen atoms in total. The van der Waals surface area contributed by atoms with Gasteiger partial charge in [-0.25, -0.2) is 14.0 Å². The Bertz CT molecular complexity index is 1810. The smallest absolute Gasteiger partial charge is 0.410 e. The second-order valence-electron chi connectivity index (χ2n) is 17.2. The number of ether oxygens (including phenoxy) is 5. The molecule has 0 aliphatic carbocycles. The molecule has 2 aromatic rings. The Kier molecular flexibility index (Phi) is 13.9. The van der Waals surface area contributed by atoms with Crippen molar-refractivity contribution in [3.8, 4) is 0 Å². The second kappa shape index (κ2) is 17.8. The monoisotopic (exact) mass is 814 g/mol. The third-order valence-corrected chi connectivity index (χ3v) is 12.7. The van der Waals surface area contributed by atoms with Crippen molar-refractivity contribution in [2.24, 2.45) is 17.8 Å². The molecule has 15 heteroatoms. The molecule has 0 unspecified atom stereocenters. The molecule has 3 saturated heterocycles. The van der Waals surface area contributed by atoms with E-state index >= 15 is 4.39 Å². The van der Waals surface area contributed by atoms with Gasteiger partial charge in [-0.1, -0.05) is 45.9 Å². The second-order valence-corrected chi connectivity index (χ2v) is 17.2. The maximum Gasteiger partial charge on any atom is 0.410 e. The molecule has 4 heterocycles. The van der Waals surface area contributed by atoms with E-state index in [4.69, 9.17) is 23.7 Å². The summed E-state index contributed by atoms with van der Waals surface area (Å²) in [6.07, 6.45) is -3.21. The van der Waals surface area contributed by atoms with Crippen molar-refractivity contribution >= 4 is 40.2 Å². The summed E-state index contributed by atoms with van der Waals surface area (Å²) >= 11 is 0. The van der Waals surface area contributed by atoms with Crippen LogP contribution in [0.15, 0.2) is 36.5 Å². The number of nitrogens with one attached hydrogen (secondary N) is 1. The molecule has 58 heavy (non-hydrogen) atoms. The van der Waals surface area contributed by atoms with Crippen LogP contribution in [0, 0.1) is 17.8 Å². The van der Waals surface area contributed by atoms with E-state index in [1.54, 1.807) is 40.8 Å². The number of Topliss-reactive ketones (excluding diaryl/α,β-unsaturated/α-hetero) is 2. The Hall–Kier alpha value is -3.76. The molecule has 3 aliphatic rings. The van der Waals surface area contributed by atoms with Crippen LogP contribution in [0.2, 0.25) is 0 Å². The molecule has 1 aromatic carbocycles. The summed E-state index contributed by atoms with van der Waals surface area (Å²) in [6.45, 7) is 13.2. The van der Waals surface area contributed by atoms with E-state index in [0.29, 0.717) is 19.4 Å². The van der Waals surface area contributed by atoms with Crippen LogP contribution in [0.4, 0.5) is 14.9 Å². The maximum atomic E-state index is 16.9. The van der Waals surface area contributed by atoms with Crippen LogP contribution in [0.3, 0.4) is 0 Å². The highest BCUT2D eigenvalue weighted by atomic mass is 19.1. The number of aliphatic hydroxyl groups excluding tert-OH is 1. The minimum atomic E-state index is -3.18. The standard InChI is InChI=1S/C43H63FN4O10/c1-12-32-43(8)35(48(40(53)58-43)21-15-19-45-30-18-20-46-29-17-14-13-16-28(29)30)26(4)33(49)24(2)23-41(6,54-11)37(27(5)36(51)42(7,44)39(52)56-32)57-38-34(50)31(47(9)10)22-25(3)55-38/h13-14,16-18,20,24-27,31-32,34-35,37-38,50H,12,15,19,21-23H2,1-11H3,(H,45,46)/t24-,25-,26+,27+,31+,32-,34-,35-,37-,38+,41+,42+,43-/m1/s1. The van der Waals surface area contributed by atoms with E-state index < -0.39 is 83.1 Å². The van der Waals surface area contributed by atoms with Gasteiger partial charge in [0.25, 0.3) is 5.67 Å². The van der Waals surface area contributed by atoms with Crippen LogP contribution in [0.25, 0.3) is 10.9 Å². The number of alkyl halides is 1. The molecule has 5 rings (SSSR count). The first-order valence-corrected chi connectivity index (χ1v) is 20.5. The zero-order valence-electron chi connectivity index (χ0n) is 35.8. The van der Waals surface area contributed by atoms with Crippen molar-refractivity contribution in [3.05, 3.63) is 36.5 Å². The largest absolute Gasteiger partial charge is 0.455 e. The number of amides is 1. The molecule has 3 aliphatic heterocycles. The number of para-hydroxylation sites is 1. The Labute approximate surface area is 341 Å². The molecular formula is C43H63FN4O10. The lowest BCUT2D eigenvalue weighted by atomic mass is 9.73.